The Morgan fingerprint density at radius 3 is 2.69 bits per heavy atom. The molecule has 2 heterocycles. The third kappa shape index (κ3) is 2.39. The highest BCUT2D eigenvalue weighted by molar-refractivity contribution is 7.16. The quantitative estimate of drug-likeness (QED) is 0.876. The number of hydrogen-bond acceptors (Lipinski definition) is 3. The average molecular weight is 260 g/mol. The second-order valence-electron chi connectivity index (χ2n) is 4.22. The zero-order valence-corrected chi connectivity index (χ0v) is 10.4. The predicted octanol–water partition coefficient (Wildman–Crippen LogP) is 2.40. The Kier molecular flexibility index (Phi) is 3.52. The molecule has 0 unspecified atom stereocenters. The molecule has 0 bridgehead atoms. The Balaban J connectivity index is 2.16. The molecule has 88 valence electrons. The molecule has 2 rings (SSSR count). The van der Waals surface area contributed by atoms with Crippen molar-refractivity contribution in [1.29, 1.82) is 0 Å². The number of hydrogen-bond donors (Lipinski definition) is 2. The van der Waals surface area contributed by atoms with Crippen LogP contribution >= 0.6 is 22.9 Å². The maximum Gasteiger partial charge on any atom is 0.310 e. The molecule has 2 N–H and O–H groups in total. The van der Waals surface area contributed by atoms with E-state index in [1.807, 2.05) is 12.1 Å². The Labute approximate surface area is 103 Å². The summed E-state index contributed by atoms with van der Waals surface area (Å²) in [5.41, 5.74) is -0.598. The van der Waals surface area contributed by atoms with E-state index >= 15 is 0 Å². The van der Waals surface area contributed by atoms with Gasteiger partial charge in [0.25, 0.3) is 0 Å². The fraction of sp³-hybridized carbons (Fsp3) is 0.545. The summed E-state index contributed by atoms with van der Waals surface area (Å²) in [6, 6.07) is 3.76. The number of thiophene rings is 1. The van der Waals surface area contributed by atoms with E-state index in [9.17, 15) is 9.90 Å². The van der Waals surface area contributed by atoms with Gasteiger partial charge in [-0.3, -0.25) is 4.79 Å². The monoisotopic (exact) mass is 259 g/mol. The van der Waals surface area contributed by atoms with Gasteiger partial charge in [0.15, 0.2) is 0 Å². The second kappa shape index (κ2) is 4.73. The summed E-state index contributed by atoms with van der Waals surface area (Å²) in [6.07, 6.45) is 1.98. The van der Waals surface area contributed by atoms with Crippen LogP contribution in [0.2, 0.25) is 4.34 Å². The summed E-state index contributed by atoms with van der Waals surface area (Å²) >= 11 is 7.34. The van der Waals surface area contributed by atoms with Crippen LogP contribution in [0.1, 0.15) is 17.7 Å². The van der Waals surface area contributed by atoms with Crippen LogP contribution < -0.4 is 5.32 Å². The van der Waals surface area contributed by atoms with Gasteiger partial charge in [-0.2, -0.15) is 0 Å². The first-order valence-corrected chi connectivity index (χ1v) is 6.50. The molecule has 0 spiro atoms. The molecule has 1 saturated heterocycles. The van der Waals surface area contributed by atoms with Gasteiger partial charge in [0.2, 0.25) is 0 Å². The van der Waals surface area contributed by atoms with Crippen molar-refractivity contribution >= 4 is 28.9 Å². The first-order valence-electron chi connectivity index (χ1n) is 5.31. The lowest BCUT2D eigenvalue weighted by Gasteiger charge is -2.33. The number of carbonyl (C=O) groups is 1. The zero-order chi connectivity index (χ0) is 11.6. The topological polar surface area (TPSA) is 49.3 Å². The zero-order valence-electron chi connectivity index (χ0n) is 8.83. The Morgan fingerprint density at radius 2 is 2.19 bits per heavy atom. The van der Waals surface area contributed by atoms with Crippen LogP contribution in [0.25, 0.3) is 0 Å². The summed E-state index contributed by atoms with van der Waals surface area (Å²) in [4.78, 5) is 12.5. The van der Waals surface area contributed by atoms with Crippen molar-refractivity contribution < 1.29 is 9.90 Å². The third-order valence-electron chi connectivity index (χ3n) is 3.16. The lowest BCUT2D eigenvalue weighted by Crippen LogP contribution is -2.43. The number of piperidine rings is 1. The van der Waals surface area contributed by atoms with E-state index in [4.69, 9.17) is 11.6 Å². The predicted molar refractivity (Wildman–Crippen MR) is 65.2 cm³/mol. The molecular weight excluding hydrogens is 246 g/mol. The van der Waals surface area contributed by atoms with Gasteiger partial charge in [0, 0.05) is 4.88 Å². The van der Waals surface area contributed by atoms with E-state index in [1.54, 1.807) is 0 Å². The molecule has 1 aliphatic rings. The lowest BCUT2D eigenvalue weighted by molar-refractivity contribution is -0.150. The van der Waals surface area contributed by atoms with E-state index in [-0.39, 0.29) is 0 Å². The van der Waals surface area contributed by atoms with Crippen LogP contribution in [0.5, 0.6) is 0 Å². The number of carboxylic acids is 1. The Hall–Kier alpha value is -0.580. The highest BCUT2D eigenvalue weighted by Gasteiger charge is 2.39. The number of halogens is 1. The van der Waals surface area contributed by atoms with Crippen molar-refractivity contribution in [2.75, 3.05) is 13.1 Å². The molecule has 0 aromatic carbocycles. The van der Waals surface area contributed by atoms with Crippen LogP contribution in [-0.2, 0) is 11.2 Å². The van der Waals surface area contributed by atoms with Gasteiger partial charge in [-0.05, 0) is 44.5 Å². The fourth-order valence-electron chi connectivity index (χ4n) is 2.15. The number of aliphatic carboxylic acids is 1. The number of nitrogens with one attached hydrogen (secondary N) is 1. The second-order valence-corrected chi connectivity index (χ2v) is 6.02. The van der Waals surface area contributed by atoms with E-state index in [1.165, 1.54) is 11.3 Å². The molecule has 0 saturated carbocycles. The minimum atomic E-state index is -0.682. The lowest BCUT2D eigenvalue weighted by atomic mass is 9.76. The van der Waals surface area contributed by atoms with Crippen molar-refractivity contribution in [3.63, 3.8) is 0 Å². The molecule has 16 heavy (non-hydrogen) atoms. The first kappa shape index (κ1) is 11.9. The van der Waals surface area contributed by atoms with Crippen LogP contribution in [0, 0.1) is 5.41 Å². The summed E-state index contributed by atoms with van der Waals surface area (Å²) < 4.78 is 0.726. The van der Waals surface area contributed by atoms with Crippen molar-refractivity contribution in [2.24, 2.45) is 5.41 Å². The van der Waals surface area contributed by atoms with Crippen LogP contribution in [0.4, 0.5) is 0 Å². The Morgan fingerprint density at radius 1 is 1.50 bits per heavy atom. The van der Waals surface area contributed by atoms with E-state index < -0.39 is 11.4 Å². The Bertz CT molecular complexity index is 385. The van der Waals surface area contributed by atoms with Gasteiger partial charge in [-0.15, -0.1) is 11.3 Å². The largest absolute Gasteiger partial charge is 0.481 e. The molecular formula is C11H14ClNO2S. The minimum absolute atomic E-state index is 0.598. The average Bonchev–Trinajstić information content (AvgIpc) is 2.65. The maximum atomic E-state index is 11.4. The molecule has 1 aromatic heterocycles. The van der Waals surface area contributed by atoms with Crippen molar-refractivity contribution in [3.05, 3.63) is 21.3 Å². The highest BCUT2D eigenvalue weighted by atomic mass is 35.5. The summed E-state index contributed by atoms with van der Waals surface area (Å²) in [5, 5.41) is 12.6. The van der Waals surface area contributed by atoms with Crippen LogP contribution in [0.15, 0.2) is 12.1 Å². The molecule has 0 atom stereocenters. The number of carboxylic acid groups (broad SMARTS) is 1. The molecule has 0 amide bonds. The van der Waals surface area contributed by atoms with Crippen molar-refractivity contribution in [3.8, 4) is 0 Å². The van der Waals surface area contributed by atoms with Crippen molar-refractivity contribution in [1.82, 2.24) is 5.32 Å². The first-order chi connectivity index (χ1) is 7.62. The number of rotatable bonds is 3. The van der Waals surface area contributed by atoms with Gasteiger partial charge < -0.3 is 10.4 Å². The summed E-state index contributed by atoms with van der Waals surface area (Å²) in [5.74, 6) is -0.682. The smallest absolute Gasteiger partial charge is 0.310 e. The fourth-order valence-corrected chi connectivity index (χ4v) is 3.38. The van der Waals surface area contributed by atoms with Crippen LogP contribution in [0.3, 0.4) is 0 Å². The van der Waals surface area contributed by atoms with E-state index in [0.29, 0.717) is 19.3 Å². The van der Waals surface area contributed by atoms with Gasteiger partial charge in [0.1, 0.15) is 0 Å². The standard InChI is InChI=1S/C11H14ClNO2S/c12-9-2-1-8(16-9)7-11(10(14)15)3-5-13-6-4-11/h1-2,13H,3-7H2,(H,14,15). The summed E-state index contributed by atoms with van der Waals surface area (Å²) in [6.45, 7) is 1.57. The molecule has 0 aliphatic carbocycles. The van der Waals surface area contributed by atoms with Gasteiger partial charge in [-0.1, -0.05) is 11.6 Å². The molecule has 3 nitrogen and oxygen atoms in total. The van der Waals surface area contributed by atoms with E-state index in [0.717, 1.165) is 22.3 Å². The van der Waals surface area contributed by atoms with Crippen molar-refractivity contribution in [2.45, 2.75) is 19.3 Å². The molecule has 1 aromatic rings. The normalized spacial score (nSPS) is 19.6. The van der Waals surface area contributed by atoms with Gasteiger partial charge in [0.05, 0.1) is 9.75 Å². The highest BCUT2D eigenvalue weighted by Crippen LogP contribution is 2.36. The van der Waals surface area contributed by atoms with Gasteiger partial charge >= 0.3 is 5.97 Å². The molecule has 1 aliphatic heterocycles. The van der Waals surface area contributed by atoms with Crippen LogP contribution in [-0.4, -0.2) is 24.2 Å². The van der Waals surface area contributed by atoms with Gasteiger partial charge in [-0.25, -0.2) is 0 Å². The SMILES string of the molecule is O=C(O)C1(Cc2ccc(Cl)s2)CCNCC1. The summed E-state index contributed by atoms with van der Waals surface area (Å²) in [7, 11) is 0. The maximum absolute atomic E-state index is 11.4. The van der Waals surface area contributed by atoms with E-state index in [2.05, 4.69) is 5.32 Å². The minimum Gasteiger partial charge on any atom is -0.481 e. The third-order valence-corrected chi connectivity index (χ3v) is 4.39. The molecule has 5 heteroatoms. The molecule has 1 fully saturated rings. The molecule has 0 radical (unpaired) electrons.